The molecule has 0 saturated carbocycles. The Hall–Kier alpha value is -2.88. The van der Waals surface area contributed by atoms with Gasteiger partial charge in [0.1, 0.15) is 11.6 Å². The third-order valence-corrected chi connectivity index (χ3v) is 3.66. The van der Waals surface area contributed by atoms with Crippen LogP contribution in [0.5, 0.6) is 5.75 Å². The summed E-state index contributed by atoms with van der Waals surface area (Å²) in [4.78, 5) is 23.2. The summed E-state index contributed by atoms with van der Waals surface area (Å²) in [5.41, 5.74) is 0.795. The van der Waals surface area contributed by atoms with Crippen molar-refractivity contribution in [1.82, 2.24) is 15.0 Å². The molecule has 8 nitrogen and oxygen atoms in total. The van der Waals surface area contributed by atoms with Crippen LogP contribution in [0.4, 0.5) is 26.1 Å². The zero-order chi connectivity index (χ0) is 21.6. The van der Waals surface area contributed by atoms with Crippen LogP contribution in [0.1, 0.15) is 32.3 Å². The van der Waals surface area contributed by atoms with Gasteiger partial charge in [-0.3, -0.25) is 4.79 Å². The zero-order valence-electron chi connectivity index (χ0n) is 17.0. The molecule has 0 radical (unpaired) electrons. The van der Waals surface area contributed by atoms with Gasteiger partial charge < -0.3 is 20.1 Å². The van der Waals surface area contributed by atoms with Crippen LogP contribution in [0, 0.1) is 12.8 Å². The van der Waals surface area contributed by atoms with Crippen molar-refractivity contribution in [2.24, 2.45) is 5.92 Å². The van der Waals surface area contributed by atoms with Crippen LogP contribution in [-0.2, 0) is 15.5 Å². The third-order valence-electron chi connectivity index (χ3n) is 3.66. The molecule has 1 unspecified atom stereocenters. The maximum Gasteiger partial charge on any atom is 0.303 e. The average molecular weight is 409 g/mol. The van der Waals surface area contributed by atoms with Crippen molar-refractivity contribution in [1.29, 1.82) is 0 Å². The highest BCUT2D eigenvalue weighted by molar-refractivity contribution is 5.88. The second-order valence-electron chi connectivity index (χ2n) is 6.85. The van der Waals surface area contributed by atoms with E-state index in [2.05, 4.69) is 25.6 Å². The molecule has 158 valence electrons. The molecule has 0 spiro atoms. The number of pyridine rings is 1. The summed E-state index contributed by atoms with van der Waals surface area (Å²) in [7, 11) is 1.60. The lowest BCUT2D eigenvalue weighted by molar-refractivity contribution is -0.114. The first-order valence-electron chi connectivity index (χ1n) is 8.99. The summed E-state index contributed by atoms with van der Waals surface area (Å²) < 4.78 is 38.2. The SMILES string of the molecule is COCC(C)COc1cnc(NC(C)=O)cc1Nc1cc(C)nc(C(C)(F)F)n1. The number of hydrogen-bond donors (Lipinski definition) is 2. The van der Waals surface area contributed by atoms with Gasteiger partial charge in [0.05, 0.1) is 25.1 Å². The number of amides is 1. The van der Waals surface area contributed by atoms with E-state index in [0.29, 0.717) is 30.3 Å². The molecular weight excluding hydrogens is 384 g/mol. The second kappa shape index (κ2) is 9.55. The fourth-order valence-electron chi connectivity index (χ4n) is 2.44. The predicted molar refractivity (Wildman–Crippen MR) is 105 cm³/mol. The van der Waals surface area contributed by atoms with Gasteiger partial charge in [0.2, 0.25) is 11.7 Å². The quantitative estimate of drug-likeness (QED) is 0.652. The molecule has 0 aliphatic heterocycles. The Morgan fingerprint density at radius 2 is 1.97 bits per heavy atom. The fraction of sp³-hybridized carbons (Fsp3) is 0.474. The van der Waals surface area contributed by atoms with E-state index in [-0.39, 0.29) is 23.5 Å². The highest BCUT2D eigenvalue weighted by atomic mass is 19.3. The molecule has 0 saturated heterocycles. The number of carbonyl (C=O) groups is 1. The molecule has 10 heteroatoms. The van der Waals surface area contributed by atoms with Gasteiger partial charge in [0.15, 0.2) is 5.75 Å². The monoisotopic (exact) mass is 409 g/mol. The summed E-state index contributed by atoms with van der Waals surface area (Å²) >= 11 is 0. The van der Waals surface area contributed by atoms with E-state index >= 15 is 0 Å². The number of rotatable bonds is 9. The maximum absolute atomic E-state index is 13.7. The number of aryl methyl sites for hydroxylation is 1. The number of nitrogens with zero attached hydrogens (tertiary/aromatic N) is 3. The van der Waals surface area contributed by atoms with Crippen molar-refractivity contribution in [3.63, 3.8) is 0 Å². The van der Waals surface area contributed by atoms with Crippen LogP contribution in [0.2, 0.25) is 0 Å². The van der Waals surface area contributed by atoms with E-state index in [1.54, 1.807) is 20.1 Å². The number of methoxy groups -OCH3 is 1. The van der Waals surface area contributed by atoms with Gasteiger partial charge in [0.25, 0.3) is 0 Å². The Morgan fingerprint density at radius 3 is 2.59 bits per heavy atom. The number of hydrogen-bond acceptors (Lipinski definition) is 7. The Morgan fingerprint density at radius 1 is 1.24 bits per heavy atom. The lowest BCUT2D eigenvalue weighted by Gasteiger charge is -2.17. The number of aromatic nitrogens is 3. The van der Waals surface area contributed by atoms with Crippen molar-refractivity contribution >= 4 is 23.2 Å². The standard InChI is InChI=1S/C19H25F2N5O3/c1-11(9-28-5)10-29-15-8-22-16(24-13(3)27)7-14(15)25-17-6-12(2)23-18(26-17)19(4,20)21/h6-8,11H,9-10H2,1-5H3,(H2,22,23,24,25,26,27). The van der Waals surface area contributed by atoms with E-state index < -0.39 is 11.7 Å². The molecule has 0 aliphatic carbocycles. The first-order chi connectivity index (χ1) is 13.6. The van der Waals surface area contributed by atoms with Gasteiger partial charge in [-0.05, 0) is 6.92 Å². The highest BCUT2D eigenvalue weighted by Gasteiger charge is 2.29. The van der Waals surface area contributed by atoms with Crippen molar-refractivity contribution < 1.29 is 23.0 Å². The lowest BCUT2D eigenvalue weighted by atomic mass is 10.2. The number of alkyl halides is 2. The van der Waals surface area contributed by atoms with Crippen LogP contribution < -0.4 is 15.4 Å². The maximum atomic E-state index is 13.7. The Labute approximate surface area is 168 Å². The van der Waals surface area contributed by atoms with E-state index in [1.165, 1.54) is 19.2 Å². The smallest absolute Gasteiger partial charge is 0.303 e. The first-order valence-corrected chi connectivity index (χ1v) is 8.99. The van der Waals surface area contributed by atoms with Crippen molar-refractivity contribution in [3.05, 3.63) is 29.8 Å². The molecule has 2 aromatic rings. The minimum absolute atomic E-state index is 0.120. The van der Waals surface area contributed by atoms with Crippen molar-refractivity contribution in [3.8, 4) is 5.75 Å². The topological polar surface area (TPSA) is 98.3 Å². The number of carbonyl (C=O) groups excluding carboxylic acids is 1. The molecular formula is C19H25F2N5O3. The number of ether oxygens (including phenoxy) is 2. The molecule has 2 N–H and O–H groups in total. The number of anilines is 3. The Bertz CT molecular complexity index is 858. The molecule has 0 bridgehead atoms. The van der Waals surface area contributed by atoms with E-state index in [0.717, 1.165) is 6.92 Å². The van der Waals surface area contributed by atoms with Crippen LogP contribution in [0.15, 0.2) is 18.3 Å². The van der Waals surface area contributed by atoms with E-state index in [9.17, 15) is 13.6 Å². The molecule has 2 rings (SSSR count). The van der Waals surface area contributed by atoms with Gasteiger partial charge in [-0.1, -0.05) is 6.92 Å². The summed E-state index contributed by atoms with van der Waals surface area (Å²) in [5.74, 6) is -3.12. The normalized spacial score (nSPS) is 12.4. The van der Waals surface area contributed by atoms with Crippen LogP contribution in [-0.4, -0.2) is 41.2 Å². The molecule has 2 aromatic heterocycles. The molecule has 29 heavy (non-hydrogen) atoms. The second-order valence-corrected chi connectivity index (χ2v) is 6.85. The summed E-state index contributed by atoms with van der Waals surface area (Å²) in [6.07, 6.45) is 1.44. The molecule has 0 fully saturated rings. The van der Waals surface area contributed by atoms with Crippen LogP contribution in [0.3, 0.4) is 0 Å². The van der Waals surface area contributed by atoms with Gasteiger partial charge in [-0.25, -0.2) is 15.0 Å². The summed E-state index contributed by atoms with van der Waals surface area (Å²) in [6.45, 7) is 6.51. The average Bonchev–Trinajstić information content (AvgIpc) is 2.59. The van der Waals surface area contributed by atoms with Gasteiger partial charge in [-0.2, -0.15) is 8.78 Å². The van der Waals surface area contributed by atoms with Gasteiger partial charge in [0, 0.05) is 44.7 Å². The zero-order valence-corrected chi connectivity index (χ0v) is 17.0. The number of nitrogens with one attached hydrogen (secondary N) is 2. The molecule has 1 atom stereocenters. The Kier molecular flexibility index (Phi) is 7.38. The van der Waals surface area contributed by atoms with E-state index in [1.807, 2.05) is 6.92 Å². The minimum atomic E-state index is -3.18. The molecule has 0 aliphatic rings. The van der Waals surface area contributed by atoms with E-state index in [4.69, 9.17) is 9.47 Å². The minimum Gasteiger partial charge on any atom is -0.489 e. The van der Waals surface area contributed by atoms with Gasteiger partial charge >= 0.3 is 5.92 Å². The summed E-state index contributed by atoms with van der Waals surface area (Å²) in [5, 5.41) is 5.54. The third kappa shape index (κ3) is 6.90. The predicted octanol–water partition coefficient (Wildman–Crippen LogP) is 3.66. The fourth-order valence-corrected chi connectivity index (χ4v) is 2.44. The summed E-state index contributed by atoms with van der Waals surface area (Å²) in [6, 6.07) is 3.07. The lowest BCUT2D eigenvalue weighted by Crippen LogP contribution is -2.16. The first kappa shape index (κ1) is 22.4. The Balaban J connectivity index is 2.35. The van der Waals surface area contributed by atoms with Crippen LogP contribution in [0.25, 0.3) is 0 Å². The number of halogens is 2. The highest BCUT2D eigenvalue weighted by Crippen LogP contribution is 2.31. The molecule has 1 amide bonds. The molecule has 0 aromatic carbocycles. The van der Waals surface area contributed by atoms with Crippen molar-refractivity contribution in [2.45, 2.75) is 33.6 Å². The van der Waals surface area contributed by atoms with Crippen LogP contribution >= 0.6 is 0 Å². The van der Waals surface area contributed by atoms with Crippen molar-refractivity contribution in [2.75, 3.05) is 31.0 Å². The van der Waals surface area contributed by atoms with Gasteiger partial charge in [-0.15, -0.1) is 0 Å². The largest absolute Gasteiger partial charge is 0.489 e. The molecule has 2 heterocycles.